The Bertz CT molecular complexity index is 545. The summed E-state index contributed by atoms with van der Waals surface area (Å²) in [5.41, 5.74) is 1.30. The van der Waals surface area contributed by atoms with Gasteiger partial charge in [-0.2, -0.15) is 13.2 Å². The minimum Gasteiger partial charge on any atom is -0.329 e. The zero-order valence-corrected chi connectivity index (χ0v) is 12.2. The van der Waals surface area contributed by atoms with E-state index in [-0.39, 0.29) is 5.56 Å². The number of alkyl halides is 3. The molecule has 21 heavy (non-hydrogen) atoms. The van der Waals surface area contributed by atoms with Crippen molar-refractivity contribution >= 4 is 11.5 Å². The van der Waals surface area contributed by atoms with Crippen molar-refractivity contribution in [1.82, 2.24) is 0 Å². The van der Waals surface area contributed by atoms with E-state index < -0.39 is 12.6 Å². The fourth-order valence-electron chi connectivity index (χ4n) is 1.83. The summed E-state index contributed by atoms with van der Waals surface area (Å²) in [5.74, 6) is 0.469. The predicted molar refractivity (Wildman–Crippen MR) is 81.7 cm³/mol. The van der Waals surface area contributed by atoms with Crippen molar-refractivity contribution in [3.05, 3.63) is 54.8 Å². The first-order valence-electron chi connectivity index (χ1n) is 6.55. The second kappa shape index (κ2) is 7.11. The quantitative estimate of drug-likeness (QED) is 0.566. The van der Waals surface area contributed by atoms with E-state index in [1.165, 1.54) is 12.1 Å². The Balaban J connectivity index is 3.17. The maximum Gasteiger partial charge on any atom is 0.393 e. The summed E-state index contributed by atoms with van der Waals surface area (Å²) in [5, 5.41) is 0. The maximum atomic E-state index is 12.6. The largest absolute Gasteiger partial charge is 0.393 e. The molecule has 0 saturated carbocycles. The molecule has 0 fully saturated rings. The van der Waals surface area contributed by atoms with Crippen LogP contribution in [0.4, 0.5) is 18.9 Å². The maximum absolute atomic E-state index is 12.6. The number of likely N-dealkylation sites (N-methyl/N-ethyl adjacent to an activating group) is 1. The summed E-state index contributed by atoms with van der Waals surface area (Å²) in [4.78, 5) is 5.87. The molecule has 114 valence electrons. The van der Waals surface area contributed by atoms with E-state index in [1.54, 1.807) is 30.1 Å². The van der Waals surface area contributed by atoms with Crippen molar-refractivity contribution < 1.29 is 13.2 Å². The van der Waals surface area contributed by atoms with Gasteiger partial charge < -0.3 is 4.90 Å². The molecule has 0 N–H and O–H groups in total. The van der Waals surface area contributed by atoms with Crippen LogP contribution in [0, 0.1) is 0 Å². The summed E-state index contributed by atoms with van der Waals surface area (Å²) in [6.45, 7) is 9.35. The molecule has 0 unspecified atom stereocenters. The molecule has 0 aromatic heterocycles. The number of benzene rings is 1. The monoisotopic (exact) mass is 296 g/mol. The molecule has 0 aliphatic heterocycles. The number of rotatable bonds is 5. The highest BCUT2D eigenvalue weighted by molar-refractivity contribution is 6.05. The SMILES string of the molecule is C=CC(=NC(=C)CC)N(C)c1ccccc1CC(F)(F)F. The van der Waals surface area contributed by atoms with Gasteiger partial charge >= 0.3 is 6.18 Å². The van der Waals surface area contributed by atoms with Crippen LogP contribution in [0.2, 0.25) is 0 Å². The fourth-order valence-corrected chi connectivity index (χ4v) is 1.83. The van der Waals surface area contributed by atoms with Gasteiger partial charge in [-0.25, -0.2) is 4.99 Å². The number of nitrogens with zero attached hydrogens (tertiary/aromatic N) is 2. The van der Waals surface area contributed by atoms with Crippen molar-refractivity contribution in [3.8, 4) is 0 Å². The summed E-state index contributed by atoms with van der Waals surface area (Å²) in [6.07, 6.45) is -3.07. The molecular weight excluding hydrogens is 277 g/mol. The number of amidine groups is 1. The molecule has 0 amide bonds. The first-order chi connectivity index (χ1) is 9.78. The topological polar surface area (TPSA) is 15.6 Å². The zero-order valence-electron chi connectivity index (χ0n) is 12.2. The lowest BCUT2D eigenvalue weighted by Crippen LogP contribution is -2.26. The van der Waals surface area contributed by atoms with Gasteiger partial charge in [0.2, 0.25) is 0 Å². The van der Waals surface area contributed by atoms with Crippen molar-refractivity contribution in [3.63, 3.8) is 0 Å². The molecule has 0 aliphatic carbocycles. The summed E-state index contributed by atoms with van der Waals surface area (Å²) in [6, 6.07) is 6.39. The Hall–Kier alpha value is -2.04. The number of anilines is 1. The highest BCUT2D eigenvalue weighted by atomic mass is 19.4. The van der Waals surface area contributed by atoms with Gasteiger partial charge in [-0.3, -0.25) is 0 Å². The molecule has 1 aromatic rings. The zero-order chi connectivity index (χ0) is 16.0. The predicted octanol–water partition coefficient (Wildman–Crippen LogP) is 4.74. The average Bonchev–Trinajstić information content (AvgIpc) is 2.42. The van der Waals surface area contributed by atoms with E-state index in [0.29, 0.717) is 23.6 Å². The average molecular weight is 296 g/mol. The van der Waals surface area contributed by atoms with Crippen molar-refractivity contribution in [1.29, 1.82) is 0 Å². The van der Waals surface area contributed by atoms with E-state index in [9.17, 15) is 13.2 Å². The first-order valence-corrected chi connectivity index (χ1v) is 6.55. The van der Waals surface area contributed by atoms with Gasteiger partial charge in [-0.15, -0.1) is 0 Å². The van der Waals surface area contributed by atoms with Gasteiger partial charge in [0.25, 0.3) is 0 Å². The first kappa shape index (κ1) is 17.0. The fraction of sp³-hybridized carbons (Fsp3) is 0.312. The third-order valence-electron chi connectivity index (χ3n) is 2.95. The van der Waals surface area contributed by atoms with Crippen LogP contribution in [0.15, 0.2) is 54.2 Å². The Morgan fingerprint density at radius 2 is 1.95 bits per heavy atom. The molecule has 1 rings (SSSR count). The molecule has 5 heteroatoms. The number of allylic oxidation sites excluding steroid dienone is 1. The minimum atomic E-state index is -4.25. The van der Waals surface area contributed by atoms with Crippen LogP contribution in [-0.4, -0.2) is 19.1 Å². The number of para-hydroxylation sites is 1. The van der Waals surface area contributed by atoms with Gasteiger partial charge in [0.1, 0.15) is 5.84 Å². The Kier molecular flexibility index (Phi) is 5.76. The third kappa shape index (κ3) is 5.10. The number of halogens is 3. The van der Waals surface area contributed by atoms with E-state index in [4.69, 9.17) is 0 Å². The lowest BCUT2D eigenvalue weighted by Gasteiger charge is -2.23. The molecule has 2 nitrogen and oxygen atoms in total. The molecule has 0 bridgehead atoms. The number of hydrogen-bond donors (Lipinski definition) is 0. The van der Waals surface area contributed by atoms with E-state index in [2.05, 4.69) is 18.2 Å². The molecule has 0 spiro atoms. The van der Waals surface area contributed by atoms with Crippen molar-refractivity contribution in [2.45, 2.75) is 25.9 Å². The van der Waals surface area contributed by atoms with Crippen LogP contribution in [-0.2, 0) is 6.42 Å². The van der Waals surface area contributed by atoms with Crippen LogP contribution in [0.3, 0.4) is 0 Å². The molecule has 0 aliphatic rings. The van der Waals surface area contributed by atoms with Crippen molar-refractivity contribution in [2.75, 3.05) is 11.9 Å². The summed E-state index contributed by atoms with van der Waals surface area (Å²) in [7, 11) is 1.67. The molecule has 0 saturated heterocycles. The van der Waals surface area contributed by atoms with Crippen LogP contribution < -0.4 is 4.90 Å². The lowest BCUT2D eigenvalue weighted by atomic mass is 10.1. The van der Waals surface area contributed by atoms with Crippen LogP contribution in [0.25, 0.3) is 0 Å². The molecule has 1 aromatic carbocycles. The Morgan fingerprint density at radius 3 is 2.48 bits per heavy atom. The van der Waals surface area contributed by atoms with Crippen LogP contribution >= 0.6 is 0 Å². The standard InChI is InChI=1S/C16H19F3N2/c1-5-12(3)20-15(6-2)21(4)14-10-8-7-9-13(14)11-16(17,18)19/h6-10H,2-3,5,11H2,1,4H3. The number of hydrogen-bond acceptors (Lipinski definition) is 1. The molecule has 0 heterocycles. The highest BCUT2D eigenvalue weighted by Crippen LogP contribution is 2.28. The normalized spacial score (nSPS) is 12.1. The molecule has 0 radical (unpaired) electrons. The smallest absolute Gasteiger partial charge is 0.329 e. The molecule has 0 atom stereocenters. The third-order valence-corrected chi connectivity index (χ3v) is 2.95. The van der Waals surface area contributed by atoms with Crippen molar-refractivity contribution in [2.24, 2.45) is 4.99 Å². The molecular formula is C16H19F3N2. The second-order valence-corrected chi connectivity index (χ2v) is 4.57. The highest BCUT2D eigenvalue weighted by Gasteiger charge is 2.29. The van der Waals surface area contributed by atoms with Crippen LogP contribution in [0.1, 0.15) is 18.9 Å². The number of aliphatic imine (C=N–C) groups is 1. The Labute approximate surface area is 123 Å². The van der Waals surface area contributed by atoms with E-state index >= 15 is 0 Å². The van der Waals surface area contributed by atoms with E-state index in [1.807, 2.05) is 6.92 Å². The lowest BCUT2D eigenvalue weighted by molar-refractivity contribution is -0.127. The van der Waals surface area contributed by atoms with E-state index in [0.717, 1.165) is 0 Å². The van der Waals surface area contributed by atoms with Gasteiger partial charge in [0.05, 0.1) is 6.42 Å². The second-order valence-electron chi connectivity index (χ2n) is 4.57. The van der Waals surface area contributed by atoms with Crippen LogP contribution in [0.5, 0.6) is 0 Å². The summed E-state index contributed by atoms with van der Waals surface area (Å²) < 4.78 is 37.9. The Morgan fingerprint density at radius 1 is 1.33 bits per heavy atom. The van der Waals surface area contributed by atoms with Gasteiger partial charge in [0.15, 0.2) is 0 Å². The summed E-state index contributed by atoms with van der Waals surface area (Å²) >= 11 is 0. The van der Waals surface area contributed by atoms with Gasteiger partial charge in [-0.05, 0) is 24.1 Å². The van der Waals surface area contributed by atoms with Gasteiger partial charge in [-0.1, -0.05) is 38.3 Å². The van der Waals surface area contributed by atoms with Gasteiger partial charge in [0, 0.05) is 18.4 Å². The minimum absolute atomic E-state index is 0.198.